The minimum absolute atomic E-state index is 0.0148. The van der Waals surface area contributed by atoms with Crippen LogP contribution in [0.15, 0.2) is 40.9 Å². The van der Waals surface area contributed by atoms with Gasteiger partial charge in [-0.2, -0.15) is 0 Å². The second-order valence-electron chi connectivity index (χ2n) is 7.65. The van der Waals surface area contributed by atoms with Crippen LogP contribution in [0.3, 0.4) is 0 Å². The molecule has 0 heterocycles. The van der Waals surface area contributed by atoms with E-state index in [9.17, 15) is 9.59 Å². The molecule has 0 bridgehead atoms. The van der Waals surface area contributed by atoms with Crippen molar-refractivity contribution in [3.8, 4) is 5.75 Å². The van der Waals surface area contributed by atoms with Crippen molar-refractivity contribution in [2.75, 3.05) is 6.61 Å². The van der Waals surface area contributed by atoms with Gasteiger partial charge in [0.1, 0.15) is 11.8 Å². The Bertz CT molecular complexity index is 894. The summed E-state index contributed by atoms with van der Waals surface area (Å²) < 4.78 is 6.66. The van der Waals surface area contributed by atoms with Gasteiger partial charge in [-0.3, -0.25) is 9.59 Å². The number of nitrogens with one attached hydrogen (secondary N) is 1. The van der Waals surface area contributed by atoms with Crippen molar-refractivity contribution in [2.24, 2.45) is 0 Å². The second-order valence-corrected chi connectivity index (χ2v) is 8.94. The zero-order valence-electron chi connectivity index (χ0n) is 18.0. The first-order chi connectivity index (χ1) is 14.1. The molecule has 1 N–H and O–H groups in total. The fourth-order valence-electron chi connectivity index (χ4n) is 3.04. The number of amides is 2. The van der Waals surface area contributed by atoms with Crippen molar-refractivity contribution in [2.45, 2.75) is 53.2 Å². The summed E-state index contributed by atoms with van der Waals surface area (Å²) in [6.45, 7) is 9.41. The van der Waals surface area contributed by atoms with Gasteiger partial charge in [-0.05, 0) is 75.6 Å². The summed E-state index contributed by atoms with van der Waals surface area (Å²) in [5, 5.41) is 3.56. The summed E-state index contributed by atoms with van der Waals surface area (Å²) in [7, 11) is 0. The fourth-order valence-corrected chi connectivity index (χ4v) is 3.59. The second kappa shape index (κ2) is 10.8. The molecule has 0 aliphatic carbocycles. The first-order valence-corrected chi connectivity index (χ1v) is 11.0. The SMILES string of the molecule is Cc1cc(OCC(=O)N(Cc2cccc(Br)c2)C(C)C(=O)NC(C)C)cc(C)c1Cl. The summed E-state index contributed by atoms with van der Waals surface area (Å²) in [5.41, 5.74) is 2.68. The lowest BCUT2D eigenvalue weighted by atomic mass is 10.1. The highest BCUT2D eigenvalue weighted by atomic mass is 79.9. The van der Waals surface area contributed by atoms with Gasteiger partial charge in [0.2, 0.25) is 5.91 Å². The first-order valence-electron chi connectivity index (χ1n) is 9.82. The molecule has 0 aliphatic rings. The van der Waals surface area contributed by atoms with E-state index >= 15 is 0 Å². The predicted octanol–water partition coefficient (Wildman–Crippen LogP) is 5.04. The van der Waals surface area contributed by atoms with Gasteiger partial charge in [0, 0.05) is 22.1 Å². The third kappa shape index (κ3) is 6.74. The van der Waals surface area contributed by atoms with Gasteiger partial charge in [0.05, 0.1) is 0 Å². The average Bonchev–Trinajstić information content (AvgIpc) is 2.67. The lowest BCUT2D eigenvalue weighted by Gasteiger charge is -2.29. The lowest BCUT2D eigenvalue weighted by Crippen LogP contribution is -2.50. The van der Waals surface area contributed by atoms with Crippen LogP contribution < -0.4 is 10.1 Å². The van der Waals surface area contributed by atoms with Crippen LogP contribution in [-0.2, 0) is 16.1 Å². The Kier molecular flexibility index (Phi) is 8.74. The molecule has 0 aromatic heterocycles. The average molecular weight is 496 g/mol. The number of benzene rings is 2. The van der Waals surface area contributed by atoms with Crippen LogP contribution in [0.25, 0.3) is 0 Å². The molecule has 2 aromatic rings. The van der Waals surface area contributed by atoms with Crippen LogP contribution in [0.4, 0.5) is 0 Å². The first kappa shape index (κ1) is 24.2. The number of halogens is 2. The van der Waals surface area contributed by atoms with Gasteiger partial charge in [0.15, 0.2) is 6.61 Å². The lowest BCUT2D eigenvalue weighted by molar-refractivity contribution is -0.142. The third-order valence-corrected chi connectivity index (χ3v) is 5.70. The standard InChI is InChI=1S/C23H28BrClN2O3/c1-14(2)26-23(29)17(5)27(12-18-7-6-8-19(24)11-18)21(28)13-30-20-9-15(3)22(25)16(4)10-20/h6-11,14,17H,12-13H2,1-5H3,(H,26,29). The quantitative estimate of drug-likeness (QED) is 0.558. The third-order valence-electron chi connectivity index (χ3n) is 4.61. The molecule has 1 unspecified atom stereocenters. The molecule has 0 spiro atoms. The highest BCUT2D eigenvalue weighted by Crippen LogP contribution is 2.26. The molecule has 5 nitrogen and oxygen atoms in total. The molecule has 2 amide bonds. The van der Waals surface area contributed by atoms with Crippen molar-refractivity contribution in [1.29, 1.82) is 0 Å². The molecule has 2 rings (SSSR count). The monoisotopic (exact) mass is 494 g/mol. The van der Waals surface area contributed by atoms with Crippen molar-refractivity contribution >= 4 is 39.3 Å². The van der Waals surface area contributed by atoms with Gasteiger partial charge in [-0.25, -0.2) is 0 Å². The number of rotatable bonds is 8. The maximum absolute atomic E-state index is 13.1. The van der Waals surface area contributed by atoms with Crippen LogP contribution >= 0.6 is 27.5 Å². The van der Waals surface area contributed by atoms with Crippen LogP contribution in [0.2, 0.25) is 5.02 Å². The maximum atomic E-state index is 13.1. The number of ether oxygens (including phenoxy) is 1. The summed E-state index contributed by atoms with van der Waals surface area (Å²) >= 11 is 9.65. The maximum Gasteiger partial charge on any atom is 0.261 e. The highest BCUT2D eigenvalue weighted by molar-refractivity contribution is 9.10. The van der Waals surface area contributed by atoms with Gasteiger partial charge in [-0.1, -0.05) is 39.7 Å². The summed E-state index contributed by atoms with van der Waals surface area (Å²) in [6, 6.07) is 10.6. The molecule has 0 fully saturated rings. The van der Waals surface area contributed by atoms with Crippen LogP contribution in [0.5, 0.6) is 5.75 Å². The summed E-state index contributed by atoms with van der Waals surface area (Å²) in [6.07, 6.45) is 0. The molecule has 7 heteroatoms. The molecule has 1 atom stereocenters. The number of hydrogen-bond donors (Lipinski definition) is 1. The van der Waals surface area contributed by atoms with Gasteiger partial charge < -0.3 is 15.0 Å². The fraction of sp³-hybridized carbons (Fsp3) is 0.391. The van der Waals surface area contributed by atoms with Crippen molar-refractivity contribution in [1.82, 2.24) is 10.2 Å². The van der Waals surface area contributed by atoms with Gasteiger partial charge in [0.25, 0.3) is 5.91 Å². The largest absolute Gasteiger partial charge is 0.484 e. The van der Waals surface area contributed by atoms with E-state index in [2.05, 4.69) is 21.2 Å². The van der Waals surface area contributed by atoms with Crippen LogP contribution in [0.1, 0.15) is 37.5 Å². The molecule has 30 heavy (non-hydrogen) atoms. The Balaban J connectivity index is 2.19. The van der Waals surface area contributed by atoms with E-state index < -0.39 is 6.04 Å². The smallest absolute Gasteiger partial charge is 0.261 e. The van der Waals surface area contributed by atoms with E-state index in [4.69, 9.17) is 16.3 Å². The van der Waals surface area contributed by atoms with E-state index in [0.717, 1.165) is 21.2 Å². The molecule has 0 saturated heterocycles. The van der Waals surface area contributed by atoms with Gasteiger partial charge >= 0.3 is 0 Å². The normalized spacial score (nSPS) is 11.9. The Hall–Kier alpha value is -2.05. The number of carbonyl (C=O) groups excluding carboxylic acids is 2. The molecule has 2 aromatic carbocycles. The minimum atomic E-state index is -0.642. The zero-order chi connectivity index (χ0) is 22.4. The van der Waals surface area contributed by atoms with Crippen molar-refractivity contribution in [3.63, 3.8) is 0 Å². The molecule has 162 valence electrons. The molecule has 0 aliphatic heterocycles. The summed E-state index contributed by atoms with van der Waals surface area (Å²) in [4.78, 5) is 27.2. The molecular formula is C23H28BrClN2O3. The summed E-state index contributed by atoms with van der Waals surface area (Å²) in [5.74, 6) is 0.0996. The van der Waals surface area contributed by atoms with Crippen molar-refractivity contribution in [3.05, 3.63) is 62.6 Å². The van der Waals surface area contributed by atoms with Crippen LogP contribution in [0, 0.1) is 13.8 Å². The Morgan fingerprint density at radius 1 is 1.13 bits per heavy atom. The topological polar surface area (TPSA) is 58.6 Å². The molecular weight excluding hydrogens is 468 g/mol. The number of nitrogens with zero attached hydrogens (tertiary/aromatic N) is 1. The van der Waals surface area contributed by atoms with E-state index in [-0.39, 0.29) is 24.5 Å². The van der Waals surface area contributed by atoms with E-state index in [1.807, 2.05) is 52.0 Å². The van der Waals surface area contributed by atoms with Crippen molar-refractivity contribution < 1.29 is 14.3 Å². The van der Waals surface area contributed by atoms with Gasteiger partial charge in [-0.15, -0.1) is 0 Å². The predicted molar refractivity (Wildman–Crippen MR) is 124 cm³/mol. The Morgan fingerprint density at radius 3 is 2.33 bits per heavy atom. The zero-order valence-corrected chi connectivity index (χ0v) is 20.3. The van der Waals surface area contributed by atoms with Crippen LogP contribution in [-0.4, -0.2) is 35.4 Å². The van der Waals surface area contributed by atoms with E-state index in [1.165, 1.54) is 4.90 Å². The Morgan fingerprint density at radius 2 is 1.77 bits per heavy atom. The number of hydrogen-bond acceptors (Lipinski definition) is 3. The number of carbonyl (C=O) groups is 2. The molecule has 0 saturated carbocycles. The molecule has 0 radical (unpaired) electrons. The number of aryl methyl sites for hydroxylation is 2. The van der Waals surface area contributed by atoms with E-state index in [0.29, 0.717) is 17.3 Å². The van der Waals surface area contributed by atoms with E-state index in [1.54, 1.807) is 19.1 Å². The highest BCUT2D eigenvalue weighted by Gasteiger charge is 2.27. The minimum Gasteiger partial charge on any atom is -0.484 e. The Labute approximate surface area is 191 Å².